The minimum absolute atomic E-state index is 0.265. The molecule has 94 valence electrons. The zero-order valence-corrected chi connectivity index (χ0v) is 10.5. The number of hydrogen-bond acceptors (Lipinski definition) is 4. The van der Waals surface area contributed by atoms with Crippen molar-refractivity contribution < 1.29 is 14.1 Å². The monoisotopic (exact) mass is 238 g/mol. The summed E-state index contributed by atoms with van der Waals surface area (Å²) in [5.74, 6) is 1.14. The Morgan fingerprint density at radius 1 is 1.59 bits per heavy atom. The van der Waals surface area contributed by atoms with E-state index < -0.39 is 0 Å². The zero-order chi connectivity index (χ0) is 12.4. The molecule has 17 heavy (non-hydrogen) atoms. The van der Waals surface area contributed by atoms with Gasteiger partial charge < -0.3 is 14.2 Å². The van der Waals surface area contributed by atoms with Gasteiger partial charge in [-0.05, 0) is 19.3 Å². The number of rotatable bonds is 2. The fraction of sp³-hybridized carbons (Fsp3) is 0.667. The lowest BCUT2D eigenvalue weighted by molar-refractivity contribution is 0.0841. The lowest BCUT2D eigenvalue weighted by Crippen LogP contribution is -2.36. The number of carbonyl (C=O) groups excluding carboxylic acids is 1. The van der Waals surface area contributed by atoms with E-state index in [9.17, 15) is 4.79 Å². The summed E-state index contributed by atoms with van der Waals surface area (Å²) in [6.45, 7) is 7.55. The molecule has 1 aromatic heterocycles. The Morgan fingerprint density at radius 3 is 3.06 bits per heavy atom. The highest BCUT2D eigenvalue weighted by Crippen LogP contribution is 2.22. The zero-order valence-electron chi connectivity index (χ0n) is 10.5. The van der Waals surface area contributed by atoms with Crippen LogP contribution in [0.4, 0.5) is 4.79 Å². The van der Waals surface area contributed by atoms with Gasteiger partial charge >= 0.3 is 6.09 Å². The predicted octanol–water partition coefficient (Wildman–Crippen LogP) is 2.13. The van der Waals surface area contributed by atoms with Crippen molar-refractivity contribution in [3.05, 3.63) is 17.0 Å². The quantitative estimate of drug-likeness (QED) is 0.792. The molecule has 0 atom stereocenters. The summed E-state index contributed by atoms with van der Waals surface area (Å²) in [5, 5.41) is 3.91. The number of amides is 1. The SMILES string of the molecule is Cc1noc2c1CCN(C(=O)OCC(C)C)C2. The van der Waals surface area contributed by atoms with Gasteiger partial charge in [-0.1, -0.05) is 19.0 Å². The van der Waals surface area contributed by atoms with Crippen LogP contribution in [0.3, 0.4) is 0 Å². The highest BCUT2D eigenvalue weighted by atomic mass is 16.6. The van der Waals surface area contributed by atoms with Gasteiger partial charge in [0, 0.05) is 12.1 Å². The third-order valence-electron chi connectivity index (χ3n) is 2.83. The van der Waals surface area contributed by atoms with Crippen LogP contribution in [0.5, 0.6) is 0 Å². The Labute approximate surface area is 101 Å². The molecule has 2 heterocycles. The topological polar surface area (TPSA) is 55.6 Å². The first kappa shape index (κ1) is 12.0. The summed E-state index contributed by atoms with van der Waals surface area (Å²) in [7, 11) is 0. The van der Waals surface area contributed by atoms with Crippen LogP contribution in [0.15, 0.2) is 4.52 Å². The highest BCUT2D eigenvalue weighted by molar-refractivity contribution is 5.68. The summed E-state index contributed by atoms with van der Waals surface area (Å²) in [6, 6.07) is 0. The maximum absolute atomic E-state index is 11.8. The first-order valence-corrected chi connectivity index (χ1v) is 5.93. The Morgan fingerprint density at radius 2 is 2.35 bits per heavy atom. The summed E-state index contributed by atoms with van der Waals surface area (Å²) in [4.78, 5) is 13.4. The van der Waals surface area contributed by atoms with Crippen molar-refractivity contribution in [2.24, 2.45) is 5.92 Å². The van der Waals surface area contributed by atoms with Gasteiger partial charge in [0.1, 0.15) is 0 Å². The van der Waals surface area contributed by atoms with E-state index in [2.05, 4.69) is 5.16 Å². The molecular weight excluding hydrogens is 220 g/mol. The molecule has 0 saturated carbocycles. The average Bonchev–Trinajstić information content (AvgIpc) is 2.67. The first-order chi connectivity index (χ1) is 8.08. The summed E-state index contributed by atoms with van der Waals surface area (Å²) >= 11 is 0. The Kier molecular flexibility index (Phi) is 3.36. The summed E-state index contributed by atoms with van der Waals surface area (Å²) in [5.41, 5.74) is 2.06. The maximum atomic E-state index is 11.8. The average molecular weight is 238 g/mol. The summed E-state index contributed by atoms with van der Waals surface area (Å²) < 4.78 is 10.4. The number of aromatic nitrogens is 1. The van der Waals surface area contributed by atoms with Crippen molar-refractivity contribution in [3.63, 3.8) is 0 Å². The van der Waals surface area contributed by atoms with Crippen LogP contribution in [0.2, 0.25) is 0 Å². The van der Waals surface area contributed by atoms with Gasteiger partial charge in [-0.25, -0.2) is 4.79 Å². The standard InChI is InChI=1S/C12H18N2O3/c1-8(2)7-16-12(15)14-5-4-10-9(3)13-17-11(10)6-14/h8H,4-7H2,1-3H3. The second kappa shape index (κ2) is 4.77. The number of hydrogen-bond donors (Lipinski definition) is 0. The van der Waals surface area contributed by atoms with Gasteiger partial charge in [0.25, 0.3) is 0 Å². The van der Waals surface area contributed by atoms with Crippen molar-refractivity contribution in [2.45, 2.75) is 33.7 Å². The second-order valence-electron chi connectivity index (χ2n) is 4.81. The normalized spacial score (nSPS) is 14.9. The van der Waals surface area contributed by atoms with E-state index in [-0.39, 0.29) is 6.09 Å². The van der Waals surface area contributed by atoms with E-state index in [0.29, 0.717) is 25.6 Å². The maximum Gasteiger partial charge on any atom is 0.410 e. The molecule has 0 saturated heterocycles. The second-order valence-corrected chi connectivity index (χ2v) is 4.81. The number of ether oxygens (including phenoxy) is 1. The summed E-state index contributed by atoms with van der Waals surface area (Å²) in [6.07, 6.45) is 0.528. The van der Waals surface area contributed by atoms with Gasteiger partial charge in [-0.3, -0.25) is 0 Å². The molecule has 0 fully saturated rings. The minimum atomic E-state index is -0.265. The van der Waals surface area contributed by atoms with Gasteiger partial charge in [0.15, 0.2) is 5.76 Å². The third kappa shape index (κ3) is 2.60. The van der Waals surface area contributed by atoms with Crippen LogP contribution in [0.25, 0.3) is 0 Å². The van der Waals surface area contributed by atoms with Gasteiger partial charge in [0.05, 0.1) is 18.8 Å². The van der Waals surface area contributed by atoms with E-state index in [1.165, 1.54) is 0 Å². The van der Waals surface area contributed by atoms with Crippen molar-refractivity contribution in [2.75, 3.05) is 13.2 Å². The first-order valence-electron chi connectivity index (χ1n) is 5.93. The van der Waals surface area contributed by atoms with Gasteiger partial charge in [-0.2, -0.15) is 0 Å². The van der Waals surface area contributed by atoms with E-state index >= 15 is 0 Å². The van der Waals surface area contributed by atoms with E-state index in [4.69, 9.17) is 9.26 Å². The fourth-order valence-electron chi connectivity index (χ4n) is 1.86. The predicted molar refractivity (Wildman–Crippen MR) is 61.5 cm³/mol. The molecule has 0 N–H and O–H groups in total. The van der Waals surface area contributed by atoms with Crippen molar-refractivity contribution in [3.8, 4) is 0 Å². The largest absolute Gasteiger partial charge is 0.449 e. The Bertz CT molecular complexity index is 412. The van der Waals surface area contributed by atoms with Crippen molar-refractivity contribution in [1.82, 2.24) is 10.1 Å². The number of carbonyl (C=O) groups is 1. The lowest BCUT2D eigenvalue weighted by atomic mass is 10.1. The fourth-order valence-corrected chi connectivity index (χ4v) is 1.86. The molecule has 0 unspecified atom stereocenters. The van der Waals surface area contributed by atoms with Crippen molar-refractivity contribution in [1.29, 1.82) is 0 Å². The molecule has 0 aromatic carbocycles. The Balaban J connectivity index is 1.95. The molecule has 2 rings (SSSR count). The molecule has 5 nitrogen and oxygen atoms in total. The van der Waals surface area contributed by atoms with E-state index in [1.807, 2.05) is 20.8 Å². The molecule has 0 spiro atoms. The molecule has 5 heteroatoms. The number of aryl methyl sites for hydroxylation is 1. The molecule has 1 amide bonds. The number of nitrogens with zero attached hydrogens (tertiary/aromatic N) is 2. The molecule has 1 aromatic rings. The van der Waals surface area contributed by atoms with Crippen molar-refractivity contribution >= 4 is 6.09 Å². The Hall–Kier alpha value is -1.52. The number of fused-ring (bicyclic) bond motifs is 1. The molecular formula is C12H18N2O3. The van der Waals surface area contributed by atoms with Crippen LogP contribution < -0.4 is 0 Å². The molecule has 0 radical (unpaired) electrons. The molecule has 0 aliphatic carbocycles. The smallest absolute Gasteiger partial charge is 0.410 e. The van der Waals surface area contributed by atoms with Crippen LogP contribution in [0, 0.1) is 12.8 Å². The van der Waals surface area contributed by atoms with E-state index in [1.54, 1.807) is 4.90 Å². The van der Waals surface area contributed by atoms with Crippen LogP contribution in [0.1, 0.15) is 30.9 Å². The molecule has 1 aliphatic rings. The van der Waals surface area contributed by atoms with Crippen LogP contribution >= 0.6 is 0 Å². The van der Waals surface area contributed by atoms with Crippen LogP contribution in [-0.2, 0) is 17.7 Å². The van der Waals surface area contributed by atoms with E-state index in [0.717, 1.165) is 23.4 Å². The molecule has 1 aliphatic heterocycles. The molecule has 0 bridgehead atoms. The minimum Gasteiger partial charge on any atom is -0.449 e. The highest BCUT2D eigenvalue weighted by Gasteiger charge is 2.26. The lowest BCUT2D eigenvalue weighted by Gasteiger charge is -2.25. The van der Waals surface area contributed by atoms with Gasteiger partial charge in [0.2, 0.25) is 0 Å². The van der Waals surface area contributed by atoms with Gasteiger partial charge in [-0.15, -0.1) is 0 Å². The van der Waals surface area contributed by atoms with Crippen LogP contribution in [-0.4, -0.2) is 29.3 Å². The third-order valence-corrected chi connectivity index (χ3v) is 2.83.